The molecule has 0 bridgehead atoms. The summed E-state index contributed by atoms with van der Waals surface area (Å²) in [5.41, 5.74) is 23.9. The third-order valence-corrected chi connectivity index (χ3v) is 14.5. The van der Waals surface area contributed by atoms with Crippen molar-refractivity contribution >= 4 is 27.8 Å². The van der Waals surface area contributed by atoms with E-state index in [1.165, 1.54) is 99.8 Å². The zero-order chi connectivity index (χ0) is 43.9. The lowest BCUT2D eigenvalue weighted by atomic mass is 9.81. The van der Waals surface area contributed by atoms with Crippen molar-refractivity contribution in [1.82, 2.24) is 0 Å². The molecule has 0 unspecified atom stereocenters. The minimum atomic E-state index is -0.0459. The monoisotopic (exact) mass is 831 g/mol. The summed E-state index contributed by atoms with van der Waals surface area (Å²) in [4.78, 5) is 2.38. The van der Waals surface area contributed by atoms with Gasteiger partial charge in [-0.25, -0.2) is 0 Å². The Bertz CT molecular complexity index is 3310. The molecule has 0 aliphatic heterocycles. The topological polar surface area (TPSA) is 3.24 Å². The number of rotatable bonds is 7. The molecule has 0 N–H and O–H groups in total. The van der Waals surface area contributed by atoms with E-state index < -0.39 is 0 Å². The number of hydrogen-bond acceptors (Lipinski definition) is 1. The highest BCUT2D eigenvalue weighted by molar-refractivity contribution is 5.89. The summed E-state index contributed by atoms with van der Waals surface area (Å²) < 4.78 is 0. The van der Waals surface area contributed by atoms with E-state index in [4.69, 9.17) is 0 Å². The molecule has 10 aromatic rings. The summed E-state index contributed by atoms with van der Waals surface area (Å²) >= 11 is 0. The van der Waals surface area contributed by atoms with Crippen LogP contribution in [0.4, 0.5) is 17.1 Å². The quantitative estimate of drug-likeness (QED) is 0.155. The summed E-state index contributed by atoms with van der Waals surface area (Å²) in [7, 11) is 0. The fourth-order valence-corrected chi connectivity index (χ4v) is 10.9. The minimum Gasteiger partial charge on any atom is -0.311 e. The van der Waals surface area contributed by atoms with Crippen molar-refractivity contribution in [2.45, 2.75) is 38.5 Å². The van der Waals surface area contributed by atoms with Gasteiger partial charge in [-0.1, -0.05) is 191 Å². The zero-order valence-electron chi connectivity index (χ0n) is 37.3. The predicted octanol–water partition coefficient (Wildman–Crippen LogP) is 17.6. The van der Waals surface area contributed by atoms with Gasteiger partial charge in [-0.05, 0) is 160 Å². The van der Waals surface area contributed by atoms with Crippen LogP contribution in [0, 0.1) is 0 Å². The molecule has 310 valence electrons. The number of nitrogens with zero attached hydrogens (tertiary/aromatic N) is 1. The Morgan fingerprint density at radius 1 is 0.246 bits per heavy atom. The standard InChI is InChI=1S/C64H49N/c1-63(2)59-18-9-7-16-55(59)57-36-28-50(40-61(57)63)44-24-32-53(33-25-44)65(54-34-26-45(27-35-54)51-29-37-58-56-17-8-10-19-60(56)64(3,4)62(58)41-51)52-30-22-43(23-31-52)47-14-11-15-48(38-47)49-21-20-42-12-5-6-13-46(42)39-49/h5-41H,1-4H3. The first kappa shape index (κ1) is 38.9. The summed E-state index contributed by atoms with van der Waals surface area (Å²) in [5.74, 6) is 0. The fourth-order valence-electron chi connectivity index (χ4n) is 10.9. The summed E-state index contributed by atoms with van der Waals surface area (Å²) in [5, 5.41) is 2.51. The Balaban J connectivity index is 0.893. The third-order valence-electron chi connectivity index (χ3n) is 14.5. The molecule has 0 radical (unpaired) electrons. The second-order valence-electron chi connectivity index (χ2n) is 19.0. The molecule has 0 heterocycles. The lowest BCUT2D eigenvalue weighted by Crippen LogP contribution is -2.14. The fraction of sp³-hybridized carbons (Fsp3) is 0.0938. The number of hydrogen-bond donors (Lipinski definition) is 0. The van der Waals surface area contributed by atoms with Gasteiger partial charge in [-0.3, -0.25) is 0 Å². The van der Waals surface area contributed by atoms with Crippen LogP contribution >= 0.6 is 0 Å². The van der Waals surface area contributed by atoms with Crippen molar-refractivity contribution in [2.24, 2.45) is 0 Å². The van der Waals surface area contributed by atoms with Crippen molar-refractivity contribution in [3.05, 3.63) is 247 Å². The third kappa shape index (κ3) is 6.45. The maximum Gasteiger partial charge on any atom is 0.0462 e. The van der Waals surface area contributed by atoms with Crippen LogP contribution < -0.4 is 4.90 Å². The van der Waals surface area contributed by atoms with E-state index in [-0.39, 0.29) is 10.8 Å². The van der Waals surface area contributed by atoms with Gasteiger partial charge in [0.15, 0.2) is 0 Å². The molecule has 0 saturated heterocycles. The van der Waals surface area contributed by atoms with E-state index in [1.54, 1.807) is 0 Å². The Labute approximate surface area is 383 Å². The molecule has 12 rings (SSSR count). The van der Waals surface area contributed by atoms with Crippen LogP contribution in [0.25, 0.3) is 77.5 Å². The van der Waals surface area contributed by atoms with E-state index in [2.05, 4.69) is 257 Å². The highest BCUT2D eigenvalue weighted by Gasteiger charge is 2.36. The number of fused-ring (bicyclic) bond motifs is 7. The molecule has 10 aromatic carbocycles. The first-order valence-electron chi connectivity index (χ1n) is 22.9. The molecule has 0 fully saturated rings. The molecule has 0 amide bonds. The highest BCUT2D eigenvalue weighted by Crippen LogP contribution is 2.51. The Kier molecular flexibility index (Phi) is 8.94. The highest BCUT2D eigenvalue weighted by atomic mass is 15.1. The molecule has 65 heavy (non-hydrogen) atoms. The summed E-state index contributed by atoms with van der Waals surface area (Å²) in [6, 6.07) is 83.3. The van der Waals surface area contributed by atoms with Crippen LogP contribution in [0.1, 0.15) is 49.9 Å². The van der Waals surface area contributed by atoms with Crippen LogP contribution in [0.2, 0.25) is 0 Å². The molecule has 1 nitrogen and oxygen atoms in total. The van der Waals surface area contributed by atoms with Gasteiger partial charge >= 0.3 is 0 Å². The molecule has 0 spiro atoms. The van der Waals surface area contributed by atoms with Crippen molar-refractivity contribution in [2.75, 3.05) is 4.90 Å². The Hall–Kier alpha value is -7.74. The van der Waals surface area contributed by atoms with Gasteiger partial charge in [0.2, 0.25) is 0 Å². The largest absolute Gasteiger partial charge is 0.311 e. The van der Waals surface area contributed by atoms with Gasteiger partial charge in [0.25, 0.3) is 0 Å². The van der Waals surface area contributed by atoms with Gasteiger partial charge in [-0.2, -0.15) is 0 Å². The molecular weight excluding hydrogens is 783 g/mol. The second kappa shape index (κ2) is 14.9. The lowest BCUT2D eigenvalue weighted by molar-refractivity contribution is 0.660. The maximum atomic E-state index is 2.41. The van der Waals surface area contributed by atoms with Crippen molar-refractivity contribution < 1.29 is 0 Å². The predicted molar refractivity (Wildman–Crippen MR) is 276 cm³/mol. The van der Waals surface area contributed by atoms with Gasteiger partial charge in [0, 0.05) is 27.9 Å². The SMILES string of the molecule is CC1(C)c2ccccc2-c2ccc(-c3ccc(N(c4ccc(-c5cccc(-c6ccc7ccccc7c6)c5)cc4)c4ccc(-c5ccc6c(c5)C(C)(C)c5ccccc5-6)cc4)cc3)cc21. The lowest BCUT2D eigenvalue weighted by Gasteiger charge is -2.26. The van der Waals surface area contributed by atoms with Gasteiger partial charge in [-0.15, -0.1) is 0 Å². The molecule has 2 aliphatic carbocycles. The smallest absolute Gasteiger partial charge is 0.0462 e. The summed E-state index contributed by atoms with van der Waals surface area (Å²) in [6.07, 6.45) is 0. The second-order valence-corrected chi connectivity index (χ2v) is 19.0. The number of benzene rings is 10. The molecule has 0 saturated carbocycles. The van der Waals surface area contributed by atoms with E-state index in [9.17, 15) is 0 Å². The van der Waals surface area contributed by atoms with Crippen LogP contribution in [-0.2, 0) is 10.8 Å². The van der Waals surface area contributed by atoms with Crippen LogP contribution in [0.3, 0.4) is 0 Å². The van der Waals surface area contributed by atoms with E-state index in [0.29, 0.717) is 0 Å². The average molecular weight is 832 g/mol. The first-order valence-corrected chi connectivity index (χ1v) is 22.9. The Morgan fingerprint density at radius 3 is 1.09 bits per heavy atom. The first-order chi connectivity index (χ1) is 31.7. The summed E-state index contributed by atoms with van der Waals surface area (Å²) in [6.45, 7) is 9.41. The molecule has 0 atom stereocenters. The Morgan fingerprint density at radius 2 is 0.600 bits per heavy atom. The van der Waals surface area contributed by atoms with Crippen LogP contribution in [0.15, 0.2) is 224 Å². The molecular formula is C64H49N. The zero-order valence-corrected chi connectivity index (χ0v) is 37.3. The van der Waals surface area contributed by atoms with Gasteiger partial charge in [0.05, 0.1) is 0 Å². The normalized spacial score (nSPS) is 13.8. The minimum absolute atomic E-state index is 0.0459. The van der Waals surface area contributed by atoms with Crippen molar-refractivity contribution in [1.29, 1.82) is 0 Å². The molecule has 2 aliphatic rings. The molecule has 1 heteroatoms. The van der Waals surface area contributed by atoms with Crippen molar-refractivity contribution in [3.63, 3.8) is 0 Å². The van der Waals surface area contributed by atoms with E-state index in [0.717, 1.165) is 17.1 Å². The van der Waals surface area contributed by atoms with Gasteiger partial charge < -0.3 is 4.90 Å². The van der Waals surface area contributed by atoms with E-state index >= 15 is 0 Å². The maximum absolute atomic E-state index is 2.41. The van der Waals surface area contributed by atoms with Crippen LogP contribution in [-0.4, -0.2) is 0 Å². The average Bonchev–Trinajstić information content (AvgIpc) is 3.73. The number of anilines is 3. The van der Waals surface area contributed by atoms with Gasteiger partial charge in [0.1, 0.15) is 0 Å². The molecule has 0 aromatic heterocycles. The van der Waals surface area contributed by atoms with Crippen molar-refractivity contribution in [3.8, 4) is 66.8 Å². The van der Waals surface area contributed by atoms with Crippen LogP contribution in [0.5, 0.6) is 0 Å². The van der Waals surface area contributed by atoms with E-state index in [1.807, 2.05) is 0 Å².